The molecule has 1 aromatic carbocycles. The molecular formula is C13H20O3S. The van der Waals surface area contributed by atoms with Gasteiger partial charge >= 0.3 is 10.1 Å². The van der Waals surface area contributed by atoms with Crippen molar-refractivity contribution in [3.05, 3.63) is 29.8 Å². The minimum absolute atomic E-state index is 0.379. The lowest BCUT2D eigenvalue weighted by molar-refractivity contribution is 0.493. The van der Waals surface area contributed by atoms with Crippen molar-refractivity contribution in [3.8, 4) is 5.75 Å². The number of rotatable bonds is 7. The van der Waals surface area contributed by atoms with E-state index >= 15 is 0 Å². The Morgan fingerprint density at radius 3 is 2.24 bits per heavy atom. The van der Waals surface area contributed by atoms with Gasteiger partial charge in [0.05, 0.1) is 6.26 Å². The molecule has 0 amide bonds. The van der Waals surface area contributed by atoms with Gasteiger partial charge in [0.15, 0.2) is 0 Å². The fourth-order valence-electron chi connectivity index (χ4n) is 1.64. The van der Waals surface area contributed by atoms with Crippen molar-refractivity contribution >= 4 is 10.1 Å². The topological polar surface area (TPSA) is 43.4 Å². The average molecular weight is 256 g/mol. The smallest absolute Gasteiger partial charge is 0.306 e. The Morgan fingerprint density at radius 2 is 1.71 bits per heavy atom. The highest BCUT2D eigenvalue weighted by molar-refractivity contribution is 7.86. The van der Waals surface area contributed by atoms with Gasteiger partial charge in [0.2, 0.25) is 0 Å². The highest BCUT2D eigenvalue weighted by Gasteiger charge is 2.03. The Balaban J connectivity index is 2.45. The highest BCUT2D eigenvalue weighted by Crippen LogP contribution is 2.15. The van der Waals surface area contributed by atoms with Gasteiger partial charge in [-0.3, -0.25) is 0 Å². The van der Waals surface area contributed by atoms with Crippen molar-refractivity contribution in [2.24, 2.45) is 0 Å². The highest BCUT2D eigenvalue weighted by atomic mass is 32.2. The van der Waals surface area contributed by atoms with Gasteiger partial charge in [0.25, 0.3) is 0 Å². The Labute approximate surface area is 104 Å². The standard InChI is InChI=1S/C13H20O3S/c1-3-4-5-6-7-12-8-10-13(11-9-12)16-17(2,14)15/h8-11H,3-7H2,1-2H3. The van der Waals surface area contributed by atoms with Crippen LogP contribution in [0.25, 0.3) is 0 Å². The summed E-state index contributed by atoms with van der Waals surface area (Å²) in [5.74, 6) is 0.379. The second-order valence-corrected chi connectivity index (χ2v) is 5.82. The number of aryl methyl sites for hydroxylation is 1. The summed E-state index contributed by atoms with van der Waals surface area (Å²) in [6.07, 6.45) is 7.03. The first-order valence-corrected chi connectivity index (χ1v) is 7.81. The van der Waals surface area contributed by atoms with Crippen LogP contribution in [0.1, 0.15) is 38.2 Å². The van der Waals surface area contributed by atoms with E-state index in [9.17, 15) is 8.42 Å². The van der Waals surface area contributed by atoms with E-state index in [1.54, 1.807) is 12.1 Å². The van der Waals surface area contributed by atoms with E-state index in [1.165, 1.54) is 31.2 Å². The predicted octanol–water partition coefficient (Wildman–Crippen LogP) is 3.15. The second-order valence-electron chi connectivity index (χ2n) is 4.24. The molecule has 0 aliphatic heterocycles. The molecule has 0 saturated heterocycles. The zero-order valence-corrected chi connectivity index (χ0v) is 11.3. The van der Waals surface area contributed by atoms with Crippen molar-refractivity contribution in [2.45, 2.75) is 39.0 Å². The van der Waals surface area contributed by atoms with E-state index < -0.39 is 10.1 Å². The Bertz CT molecular complexity index is 420. The maximum atomic E-state index is 10.9. The van der Waals surface area contributed by atoms with Gasteiger partial charge in [-0.05, 0) is 30.5 Å². The average Bonchev–Trinajstić information content (AvgIpc) is 2.25. The summed E-state index contributed by atoms with van der Waals surface area (Å²) in [6, 6.07) is 7.26. The van der Waals surface area contributed by atoms with Gasteiger partial charge in [-0.1, -0.05) is 38.3 Å². The quantitative estimate of drug-likeness (QED) is 0.556. The summed E-state index contributed by atoms with van der Waals surface area (Å²) in [6.45, 7) is 2.19. The Hall–Kier alpha value is -1.03. The molecule has 1 aromatic rings. The first-order chi connectivity index (χ1) is 8.01. The maximum absolute atomic E-state index is 10.9. The van der Waals surface area contributed by atoms with E-state index in [-0.39, 0.29) is 0 Å². The Kier molecular flexibility index (Phi) is 5.48. The van der Waals surface area contributed by atoms with Crippen LogP contribution in [0.2, 0.25) is 0 Å². The lowest BCUT2D eigenvalue weighted by atomic mass is 10.1. The van der Waals surface area contributed by atoms with E-state index in [0.717, 1.165) is 12.7 Å². The first kappa shape index (κ1) is 14.0. The monoisotopic (exact) mass is 256 g/mol. The predicted molar refractivity (Wildman–Crippen MR) is 69.8 cm³/mol. The molecule has 96 valence electrons. The molecule has 3 nitrogen and oxygen atoms in total. The SMILES string of the molecule is CCCCCCc1ccc(OS(C)(=O)=O)cc1. The number of hydrogen-bond donors (Lipinski definition) is 0. The van der Waals surface area contributed by atoms with Gasteiger partial charge in [0, 0.05) is 0 Å². The van der Waals surface area contributed by atoms with Crippen LogP contribution in [0.5, 0.6) is 5.75 Å². The molecule has 0 aliphatic carbocycles. The third-order valence-corrected chi connectivity index (χ3v) is 2.99. The van der Waals surface area contributed by atoms with Crippen LogP contribution in [0.4, 0.5) is 0 Å². The molecule has 0 atom stereocenters. The van der Waals surface area contributed by atoms with Crippen LogP contribution < -0.4 is 4.18 Å². The normalized spacial score (nSPS) is 11.4. The lowest BCUT2D eigenvalue weighted by Gasteiger charge is -2.04. The summed E-state index contributed by atoms with van der Waals surface area (Å²) >= 11 is 0. The van der Waals surface area contributed by atoms with Gasteiger partial charge < -0.3 is 4.18 Å². The van der Waals surface area contributed by atoms with Gasteiger partial charge in [-0.15, -0.1) is 0 Å². The summed E-state index contributed by atoms with van der Waals surface area (Å²) in [5.41, 5.74) is 1.22. The molecule has 0 spiro atoms. The summed E-state index contributed by atoms with van der Waals surface area (Å²) in [4.78, 5) is 0. The third-order valence-electron chi connectivity index (χ3n) is 2.49. The van der Waals surface area contributed by atoms with Crippen molar-refractivity contribution in [1.29, 1.82) is 0 Å². The van der Waals surface area contributed by atoms with Crippen molar-refractivity contribution in [2.75, 3.05) is 6.26 Å². The van der Waals surface area contributed by atoms with Gasteiger partial charge in [-0.2, -0.15) is 8.42 Å². The van der Waals surface area contributed by atoms with E-state index in [1.807, 2.05) is 12.1 Å². The molecule has 0 bridgehead atoms. The molecule has 0 N–H and O–H groups in total. The molecule has 0 radical (unpaired) electrons. The molecular weight excluding hydrogens is 236 g/mol. The summed E-state index contributed by atoms with van der Waals surface area (Å²) in [5, 5.41) is 0. The van der Waals surface area contributed by atoms with Crippen LogP contribution in [-0.4, -0.2) is 14.7 Å². The molecule has 0 saturated carbocycles. The second kappa shape index (κ2) is 6.64. The van der Waals surface area contributed by atoms with E-state index in [0.29, 0.717) is 5.75 Å². The van der Waals surface area contributed by atoms with E-state index in [4.69, 9.17) is 4.18 Å². The largest absolute Gasteiger partial charge is 0.383 e. The number of unbranched alkanes of at least 4 members (excludes halogenated alkanes) is 3. The van der Waals surface area contributed by atoms with Crippen molar-refractivity contribution in [3.63, 3.8) is 0 Å². The fourth-order valence-corrected chi connectivity index (χ4v) is 2.10. The fraction of sp³-hybridized carbons (Fsp3) is 0.538. The summed E-state index contributed by atoms with van der Waals surface area (Å²) < 4.78 is 26.6. The molecule has 0 aliphatic rings. The molecule has 0 heterocycles. The van der Waals surface area contributed by atoms with Gasteiger partial charge in [-0.25, -0.2) is 0 Å². The van der Waals surface area contributed by atoms with Crippen molar-refractivity contribution < 1.29 is 12.6 Å². The number of benzene rings is 1. The van der Waals surface area contributed by atoms with Crippen LogP contribution >= 0.6 is 0 Å². The maximum Gasteiger partial charge on any atom is 0.306 e. The van der Waals surface area contributed by atoms with Crippen LogP contribution in [-0.2, 0) is 16.5 Å². The van der Waals surface area contributed by atoms with Crippen molar-refractivity contribution in [1.82, 2.24) is 0 Å². The molecule has 4 heteroatoms. The summed E-state index contributed by atoms with van der Waals surface area (Å²) in [7, 11) is -3.41. The van der Waals surface area contributed by atoms with Gasteiger partial charge in [0.1, 0.15) is 5.75 Å². The molecule has 0 unspecified atom stereocenters. The minimum atomic E-state index is -3.41. The zero-order chi connectivity index (χ0) is 12.7. The minimum Gasteiger partial charge on any atom is -0.383 e. The van der Waals surface area contributed by atoms with E-state index in [2.05, 4.69) is 6.92 Å². The van der Waals surface area contributed by atoms with Crippen LogP contribution in [0.3, 0.4) is 0 Å². The molecule has 17 heavy (non-hydrogen) atoms. The molecule has 1 rings (SSSR count). The first-order valence-electron chi connectivity index (χ1n) is 5.99. The Morgan fingerprint density at radius 1 is 1.06 bits per heavy atom. The van der Waals surface area contributed by atoms with Crippen LogP contribution in [0, 0.1) is 0 Å². The number of hydrogen-bond acceptors (Lipinski definition) is 3. The lowest BCUT2D eigenvalue weighted by Crippen LogP contribution is -2.05. The van der Waals surface area contributed by atoms with Crippen LogP contribution in [0.15, 0.2) is 24.3 Å². The molecule has 0 aromatic heterocycles. The third kappa shape index (κ3) is 6.31. The zero-order valence-electron chi connectivity index (χ0n) is 10.5. The molecule has 0 fully saturated rings.